The van der Waals surface area contributed by atoms with Gasteiger partial charge in [0.2, 0.25) is 11.8 Å². The first-order valence-corrected chi connectivity index (χ1v) is 6.50. The van der Waals surface area contributed by atoms with Gasteiger partial charge in [0.15, 0.2) is 0 Å². The molecule has 4 atom stereocenters. The molecule has 2 amide bonds. The maximum Gasteiger partial charge on any atom is 0.233 e. The number of hydrogen-bond donors (Lipinski definition) is 0. The fourth-order valence-corrected chi connectivity index (χ4v) is 3.74. The van der Waals surface area contributed by atoms with E-state index in [9.17, 15) is 9.59 Å². The van der Waals surface area contributed by atoms with Gasteiger partial charge in [-0.15, -0.1) is 0 Å². The fraction of sp³-hybridized carbons (Fsp3) is 0.769. The topological polar surface area (TPSA) is 61.2 Å². The van der Waals surface area contributed by atoms with Crippen LogP contribution in [0.25, 0.3) is 0 Å². The molecule has 2 aliphatic carbocycles. The Bertz CT molecular complexity index is 390. The summed E-state index contributed by atoms with van der Waals surface area (Å²) in [6.45, 7) is 0. The average molecular weight is 232 g/mol. The fourth-order valence-electron chi connectivity index (χ4n) is 3.74. The number of carbonyl (C=O) groups excluding carboxylic acids is 2. The normalized spacial score (nSPS) is 40.8. The molecule has 0 bridgehead atoms. The van der Waals surface area contributed by atoms with Gasteiger partial charge in [0.25, 0.3) is 0 Å². The van der Waals surface area contributed by atoms with E-state index in [2.05, 4.69) is 6.07 Å². The zero-order valence-electron chi connectivity index (χ0n) is 9.76. The van der Waals surface area contributed by atoms with Crippen molar-refractivity contribution in [3.63, 3.8) is 0 Å². The SMILES string of the molecule is N#CC1CCCC1N1C(=O)C2CCCC2C1=O. The van der Waals surface area contributed by atoms with Gasteiger partial charge in [0.05, 0.1) is 29.9 Å². The highest BCUT2D eigenvalue weighted by Crippen LogP contribution is 2.43. The van der Waals surface area contributed by atoms with Crippen LogP contribution in [0, 0.1) is 29.1 Å². The largest absolute Gasteiger partial charge is 0.278 e. The molecule has 0 N–H and O–H groups in total. The molecule has 90 valence electrons. The Kier molecular flexibility index (Phi) is 2.43. The Labute approximate surface area is 101 Å². The number of fused-ring (bicyclic) bond motifs is 1. The van der Waals surface area contributed by atoms with Crippen molar-refractivity contribution in [2.45, 2.75) is 44.6 Å². The van der Waals surface area contributed by atoms with Gasteiger partial charge in [0, 0.05) is 0 Å². The van der Waals surface area contributed by atoms with Gasteiger partial charge in [-0.05, 0) is 32.1 Å². The molecule has 3 aliphatic rings. The minimum Gasteiger partial charge on any atom is -0.278 e. The number of likely N-dealkylation sites (tertiary alicyclic amines) is 1. The number of imide groups is 1. The van der Waals surface area contributed by atoms with Crippen LogP contribution in [0.4, 0.5) is 0 Å². The van der Waals surface area contributed by atoms with Gasteiger partial charge in [-0.2, -0.15) is 5.26 Å². The van der Waals surface area contributed by atoms with Crippen molar-refractivity contribution < 1.29 is 9.59 Å². The lowest BCUT2D eigenvalue weighted by atomic mass is 10.00. The van der Waals surface area contributed by atoms with E-state index in [0.717, 1.165) is 38.5 Å². The van der Waals surface area contributed by atoms with Crippen LogP contribution >= 0.6 is 0 Å². The van der Waals surface area contributed by atoms with Crippen molar-refractivity contribution in [1.82, 2.24) is 4.90 Å². The highest BCUT2D eigenvalue weighted by Gasteiger charge is 2.53. The molecule has 1 heterocycles. The molecule has 4 nitrogen and oxygen atoms in total. The van der Waals surface area contributed by atoms with Crippen molar-refractivity contribution in [1.29, 1.82) is 5.26 Å². The molecule has 4 heteroatoms. The number of hydrogen-bond acceptors (Lipinski definition) is 3. The van der Waals surface area contributed by atoms with E-state index in [4.69, 9.17) is 5.26 Å². The Morgan fingerprint density at radius 1 is 1.00 bits per heavy atom. The van der Waals surface area contributed by atoms with Gasteiger partial charge < -0.3 is 0 Å². The summed E-state index contributed by atoms with van der Waals surface area (Å²) in [5, 5.41) is 9.07. The number of rotatable bonds is 1. The summed E-state index contributed by atoms with van der Waals surface area (Å²) in [6.07, 6.45) is 5.30. The molecule has 2 saturated carbocycles. The molecule has 3 rings (SSSR count). The molecule has 1 saturated heterocycles. The van der Waals surface area contributed by atoms with Crippen molar-refractivity contribution in [3.8, 4) is 6.07 Å². The van der Waals surface area contributed by atoms with Crippen LogP contribution < -0.4 is 0 Å². The maximum atomic E-state index is 12.2. The van der Waals surface area contributed by atoms with Crippen LogP contribution in [0.15, 0.2) is 0 Å². The summed E-state index contributed by atoms with van der Waals surface area (Å²) >= 11 is 0. The second kappa shape index (κ2) is 3.83. The first kappa shape index (κ1) is 10.8. The van der Waals surface area contributed by atoms with E-state index in [-0.39, 0.29) is 35.6 Å². The zero-order valence-corrected chi connectivity index (χ0v) is 9.76. The second-order valence-electron chi connectivity index (χ2n) is 5.42. The van der Waals surface area contributed by atoms with Gasteiger partial charge >= 0.3 is 0 Å². The monoisotopic (exact) mass is 232 g/mol. The summed E-state index contributed by atoms with van der Waals surface area (Å²) in [6, 6.07) is 2.12. The third kappa shape index (κ3) is 1.41. The molecule has 3 fully saturated rings. The molecule has 17 heavy (non-hydrogen) atoms. The maximum absolute atomic E-state index is 12.2. The lowest BCUT2D eigenvalue weighted by molar-refractivity contribution is -0.143. The van der Waals surface area contributed by atoms with Crippen LogP contribution in [-0.4, -0.2) is 22.8 Å². The van der Waals surface area contributed by atoms with Crippen molar-refractivity contribution in [2.75, 3.05) is 0 Å². The van der Waals surface area contributed by atoms with E-state index in [1.165, 1.54) is 4.90 Å². The van der Waals surface area contributed by atoms with E-state index in [0.29, 0.717) is 0 Å². The number of nitriles is 1. The Morgan fingerprint density at radius 2 is 1.59 bits per heavy atom. The van der Waals surface area contributed by atoms with Crippen molar-refractivity contribution in [3.05, 3.63) is 0 Å². The van der Waals surface area contributed by atoms with Gasteiger partial charge in [-0.25, -0.2) is 0 Å². The first-order valence-electron chi connectivity index (χ1n) is 6.50. The molecule has 0 radical (unpaired) electrons. The summed E-state index contributed by atoms with van der Waals surface area (Å²) in [5.74, 6) is -0.263. The van der Waals surface area contributed by atoms with E-state index in [1.807, 2.05) is 0 Å². The molecule has 0 aromatic carbocycles. The molecule has 0 aromatic heterocycles. The zero-order chi connectivity index (χ0) is 12.0. The van der Waals surface area contributed by atoms with Gasteiger partial charge in [-0.3, -0.25) is 14.5 Å². The van der Waals surface area contributed by atoms with Crippen LogP contribution in [0.5, 0.6) is 0 Å². The van der Waals surface area contributed by atoms with Gasteiger partial charge in [0.1, 0.15) is 0 Å². The summed E-state index contributed by atoms with van der Waals surface area (Å²) in [5.41, 5.74) is 0. The quantitative estimate of drug-likeness (QED) is 0.643. The Balaban J connectivity index is 1.87. The van der Waals surface area contributed by atoms with Crippen LogP contribution in [0.3, 0.4) is 0 Å². The Morgan fingerprint density at radius 3 is 2.18 bits per heavy atom. The predicted octanol–water partition coefficient (Wildman–Crippen LogP) is 1.46. The van der Waals surface area contributed by atoms with E-state index < -0.39 is 0 Å². The lowest BCUT2D eigenvalue weighted by Gasteiger charge is -2.25. The Hall–Kier alpha value is -1.37. The summed E-state index contributed by atoms with van der Waals surface area (Å²) in [4.78, 5) is 25.9. The average Bonchev–Trinajstić information content (AvgIpc) is 3.00. The van der Waals surface area contributed by atoms with Gasteiger partial charge in [-0.1, -0.05) is 6.42 Å². The minimum absolute atomic E-state index is 0.00431. The molecular formula is C13H16N2O2. The number of carbonyl (C=O) groups is 2. The van der Waals surface area contributed by atoms with Crippen LogP contribution in [0.2, 0.25) is 0 Å². The highest BCUT2D eigenvalue weighted by molar-refractivity contribution is 6.05. The van der Waals surface area contributed by atoms with E-state index >= 15 is 0 Å². The molecular weight excluding hydrogens is 216 g/mol. The van der Waals surface area contributed by atoms with E-state index in [1.54, 1.807) is 0 Å². The standard InChI is InChI=1S/C13H16N2O2/c14-7-8-3-1-6-11(8)15-12(16)9-4-2-5-10(9)13(15)17/h8-11H,1-6H2. The molecule has 1 aliphatic heterocycles. The summed E-state index contributed by atoms with van der Waals surface area (Å²) in [7, 11) is 0. The molecule has 4 unspecified atom stereocenters. The van der Waals surface area contributed by atoms with Crippen molar-refractivity contribution >= 4 is 11.8 Å². The highest BCUT2D eigenvalue weighted by atomic mass is 16.2. The van der Waals surface area contributed by atoms with Crippen LogP contribution in [0.1, 0.15) is 38.5 Å². The predicted molar refractivity (Wildman–Crippen MR) is 59.4 cm³/mol. The molecule has 0 aromatic rings. The lowest BCUT2D eigenvalue weighted by Crippen LogP contribution is -2.42. The third-order valence-electron chi connectivity index (χ3n) is 4.60. The third-order valence-corrected chi connectivity index (χ3v) is 4.60. The first-order chi connectivity index (χ1) is 8.24. The minimum atomic E-state index is -0.137. The smallest absolute Gasteiger partial charge is 0.233 e. The number of amides is 2. The van der Waals surface area contributed by atoms with Crippen LogP contribution in [-0.2, 0) is 9.59 Å². The molecule has 0 spiro atoms. The second-order valence-corrected chi connectivity index (χ2v) is 5.42. The number of nitrogens with zero attached hydrogens (tertiary/aromatic N) is 2. The summed E-state index contributed by atoms with van der Waals surface area (Å²) < 4.78 is 0. The van der Waals surface area contributed by atoms with Crippen molar-refractivity contribution in [2.24, 2.45) is 17.8 Å².